The van der Waals surface area contributed by atoms with Crippen LogP contribution < -0.4 is 0 Å². The summed E-state index contributed by atoms with van der Waals surface area (Å²) in [6.07, 6.45) is 0.481. The number of hydrogen-bond donors (Lipinski definition) is 0. The lowest BCUT2D eigenvalue weighted by atomic mass is 9.80. The zero-order chi connectivity index (χ0) is 19.7. The van der Waals surface area contributed by atoms with Crippen LogP contribution in [-0.4, -0.2) is 73.3 Å². The van der Waals surface area contributed by atoms with Crippen molar-refractivity contribution >= 4 is 23.2 Å². The van der Waals surface area contributed by atoms with Crippen molar-refractivity contribution in [1.82, 2.24) is 14.7 Å². The number of thiophene rings is 1. The Hall–Kier alpha value is -2.18. The molecule has 1 aromatic carbocycles. The Kier molecular flexibility index (Phi) is 5.25. The number of hydrogen-bond acceptors (Lipinski definition) is 4. The Morgan fingerprint density at radius 3 is 2.46 bits per heavy atom. The van der Waals surface area contributed by atoms with Gasteiger partial charge in [-0.3, -0.25) is 9.59 Å². The van der Waals surface area contributed by atoms with E-state index >= 15 is 0 Å². The molecule has 2 atom stereocenters. The maximum absolute atomic E-state index is 13.0. The molecule has 148 valence electrons. The summed E-state index contributed by atoms with van der Waals surface area (Å²) in [4.78, 5) is 33.1. The molecule has 0 unspecified atom stereocenters. The lowest BCUT2D eigenvalue weighted by molar-refractivity contribution is -0.130. The van der Waals surface area contributed by atoms with Gasteiger partial charge in [-0.1, -0.05) is 24.3 Å². The summed E-state index contributed by atoms with van der Waals surface area (Å²) in [6.45, 7) is 3.81. The third-order valence-electron chi connectivity index (χ3n) is 5.96. The molecule has 5 nitrogen and oxygen atoms in total. The molecular formula is C22H27N3O2S. The number of carbonyl (C=O) groups excluding carboxylic acids is 2. The third kappa shape index (κ3) is 3.71. The van der Waals surface area contributed by atoms with Gasteiger partial charge in [-0.05, 0) is 37.7 Å². The molecule has 2 fully saturated rings. The van der Waals surface area contributed by atoms with E-state index in [9.17, 15) is 9.59 Å². The van der Waals surface area contributed by atoms with Gasteiger partial charge in [0.25, 0.3) is 5.91 Å². The monoisotopic (exact) mass is 397 g/mol. The smallest absolute Gasteiger partial charge is 0.253 e. The fourth-order valence-corrected chi connectivity index (χ4v) is 5.51. The Morgan fingerprint density at radius 1 is 1.07 bits per heavy atom. The number of likely N-dealkylation sites (tertiary alicyclic amines) is 2. The van der Waals surface area contributed by atoms with Crippen molar-refractivity contribution in [2.24, 2.45) is 11.3 Å². The third-order valence-corrected chi connectivity index (χ3v) is 6.83. The number of fused-ring (bicyclic) bond motifs is 1. The molecule has 3 heterocycles. The predicted octanol–water partition coefficient (Wildman–Crippen LogP) is 2.45. The van der Waals surface area contributed by atoms with Gasteiger partial charge in [-0.2, -0.15) is 0 Å². The molecule has 0 aliphatic carbocycles. The van der Waals surface area contributed by atoms with Crippen molar-refractivity contribution in [3.8, 4) is 0 Å². The largest absolute Gasteiger partial charge is 0.341 e. The predicted molar refractivity (Wildman–Crippen MR) is 111 cm³/mol. The Morgan fingerprint density at radius 2 is 1.79 bits per heavy atom. The SMILES string of the molecule is CN(C)C[C@]12CN(C(=O)Cc3cccs3)C[C@H]1CN(C(=O)c1ccccc1)C2. The van der Waals surface area contributed by atoms with Gasteiger partial charge >= 0.3 is 0 Å². The zero-order valence-corrected chi connectivity index (χ0v) is 17.3. The summed E-state index contributed by atoms with van der Waals surface area (Å²) >= 11 is 1.63. The highest BCUT2D eigenvalue weighted by atomic mass is 32.1. The first-order valence-corrected chi connectivity index (χ1v) is 10.6. The van der Waals surface area contributed by atoms with Crippen LogP contribution in [0.2, 0.25) is 0 Å². The molecule has 0 bridgehead atoms. The van der Waals surface area contributed by atoms with Gasteiger partial charge in [0, 0.05) is 54.5 Å². The molecule has 1 aromatic heterocycles. The molecular weight excluding hydrogens is 370 g/mol. The molecule has 6 heteroatoms. The van der Waals surface area contributed by atoms with Crippen molar-refractivity contribution in [3.05, 3.63) is 58.3 Å². The number of carbonyl (C=O) groups is 2. The number of benzene rings is 1. The second kappa shape index (κ2) is 7.68. The highest BCUT2D eigenvalue weighted by Gasteiger charge is 2.54. The molecule has 2 aliphatic rings. The average Bonchev–Trinajstić information content (AvgIpc) is 3.36. The highest BCUT2D eigenvalue weighted by Crippen LogP contribution is 2.43. The van der Waals surface area contributed by atoms with Crippen LogP contribution in [0, 0.1) is 11.3 Å². The van der Waals surface area contributed by atoms with Crippen LogP contribution in [0.4, 0.5) is 0 Å². The second-order valence-electron chi connectivity index (χ2n) is 8.38. The first-order chi connectivity index (χ1) is 13.5. The molecule has 2 aromatic rings. The molecule has 2 amide bonds. The minimum atomic E-state index is -0.0426. The van der Waals surface area contributed by atoms with Crippen molar-refractivity contribution in [2.45, 2.75) is 6.42 Å². The van der Waals surface area contributed by atoms with E-state index in [0.717, 1.165) is 36.6 Å². The van der Waals surface area contributed by atoms with E-state index in [2.05, 4.69) is 19.0 Å². The molecule has 0 N–H and O–H groups in total. The fourth-order valence-electron chi connectivity index (χ4n) is 4.82. The van der Waals surface area contributed by atoms with Crippen LogP contribution in [0.3, 0.4) is 0 Å². The van der Waals surface area contributed by atoms with Gasteiger partial charge in [0.15, 0.2) is 0 Å². The topological polar surface area (TPSA) is 43.9 Å². The molecule has 2 saturated heterocycles. The van der Waals surface area contributed by atoms with E-state index in [4.69, 9.17) is 0 Å². The van der Waals surface area contributed by atoms with Gasteiger partial charge < -0.3 is 14.7 Å². The lowest BCUT2D eigenvalue weighted by Gasteiger charge is -2.32. The van der Waals surface area contributed by atoms with Gasteiger partial charge in [-0.25, -0.2) is 0 Å². The minimum Gasteiger partial charge on any atom is -0.341 e. The summed E-state index contributed by atoms with van der Waals surface area (Å²) in [7, 11) is 4.15. The normalized spacial score (nSPS) is 24.0. The van der Waals surface area contributed by atoms with E-state index < -0.39 is 0 Å². The minimum absolute atomic E-state index is 0.0426. The van der Waals surface area contributed by atoms with E-state index in [1.54, 1.807) is 11.3 Å². The van der Waals surface area contributed by atoms with Gasteiger partial charge in [0.2, 0.25) is 5.91 Å². The van der Waals surface area contributed by atoms with Crippen LogP contribution in [0.1, 0.15) is 15.2 Å². The number of rotatable bonds is 5. The van der Waals surface area contributed by atoms with Crippen molar-refractivity contribution in [2.75, 3.05) is 46.8 Å². The average molecular weight is 398 g/mol. The van der Waals surface area contributed by atoms with Crippen LogP contribution >= 0.6 is 11.3 Å². The van der Waals surface area contributed by atoms with E-state index in [-0.39, 0.29) is 17.2 Å². The summed E-state index contributed by atoms with van der Waals surface area (Å²) in [6, 6.07) is 13.5. The van der Waals surface area contributed by atoms with Gasteiger partial charge in [-0.15, -0.1) is 11.3 Å². The second-order valence-corrected chi connectivity index (χ2v) is 9.41. The van der Waals surface area contributed by atoms with E-state index in [1.807, 2.05) is 57.6 Å². The fraction of sp³-hybridized carbons (Fsp3) is 0.455. The van der Waals surface area contributed by atoms with E-state index in [1.165, 1.54) is 0 Å². The first kappa shape index (κ1) is 19.2. The van der Waals surface area contributed by atoms with Crippen molar-refractivity contribution in [3.63, 3.8) is 0 Å². The molecule has 0 saturated carbocycles. The molecule has 4 rings (SSSR count). The van der Waals surface area contributed by atoms with Crippen LogP contribution in [0.5, 0.6) is 0 Å². The van der Waals surface area contributed by atoms with Crippen LogP contribution in [-0.2, 0) is 11.2 Å². The van der Waals surface area contributed by atoms with Gasteiger partial charge in [0.1, 0.15) is 0 Å². The lowest BCUT2D eigenvalue weighted by Crippen LogP contribution is -2.44. The molecule has 0 radical (unpaired) electrons. The first-order valence-electron chi connectivity index (χ1n) is 9.76. The van der Waals surface area contributed by atoms with Crippen LogP contribution in [0.25, 0.3) is 0 Å². The Bertz CT molecular complexity index is 837. The summed E-state index contributed by atoms with van der Waals surface area (Å²) < 4.78 is 0. The Labute approximate surface area is 170 Å². The van der Waals surface area contributed by atoms with Crippen LogP contribution in [0.15, 0.2) is 47.8 Å². The summed E-state index contributed by atoms with van der Waals surface area (Å²) in [5.41, 5.74) is 0.701. The standard InChI is InChI=1S/C22H27N3O2S/c1-23(2)14-22-15-24(20(26)11-19-9-6-10-28-19)12-18(22)13-25(16-22)21(27)17-7-4-3-5-8-17/h3-10,18H,11-16H2,1-2H3/t18-,22+/m0/s1. The number of nitrogens with zero attached hydrogens (tertiary/aromatic N) is 3. The summed E-state index contributed by atoms with van der Waals surface area (Å²) in [5.74, 6) is 0.635. The Balaban J connectivity index is 1.49. The molecule has 28 heavy (non-hydrogen) atoms. The number of amides is 2. The quantitative estimate of drug-likeness (QED) is 0.779. The maximum atomic E-state index is 13.0. The maximum Gasteiger partial charge on any atom is 0.253 e. The van der Waals surface area contributed by atoms with Crippen molar-refractivity contribution in [1.29, 1.82) is 0 Å². The van der Waals surface area contributed by atoms with E-state index in [0.29, 0.717) is 18.9 Å². The molecule has 2 aliphatic heterocycles. The van der Waals surface area contributed by atoms with Gasteiger partial charge in [0.05, 0.1) is 6.42 Å². The highest BCUT2D eigenvalue weighted by molar-refractivity contribution is 7.10. The van der Waals surface area contributed by atoms with Crippen molar-refractivity contribution < 1.29 is 9.59 Å². The molecule has 0 spiro atoms. The summed E-state index contributed by atoms with van der Waals surface area (Å²) in [5, 5.41) is 2.02. The zero-order valence-electron chi connectivity index (χ0n) is 16.5.